The number of unbranched alkanes of at least 4 members (excludes halogenated alkanes) is 1. The molecule has 10 heteroatoms. The number of aliphatic imine (C=N–C) groups is 1. The van der Waals surface area contributed by atoms with E-state index in [1.54, 1.807) is 32.2 Å². The summed E-state index contributed by atoms with van der Waals surface area (Å²) in [5.74, 6) is 6.36. The van der Waals surface area contributed by atoms with Gasteiger partial charge in [0.05, 0.1) is 17.2 Å². The molecule has 45 heavy (non-hydrogen) atoms. The lowest BCUT2D eigenvalue weighted by Crippen LogP contribution is -2.45. The minimum atomic E-state index is -0.601. The summed E-state index contributed by atoms with van der Waals surface area (Å²) in [5.41, 5.74) is 9.99. The third kappa shape index (κ3) is 13.0. The summed E-state index contributed by atoms with van der Waals surface area (Å²) in [6, 6.07) is 16.7. The van der Waals surface area contributed by atoms with Gasteiger partial charge in [-0.25, -0.2) is 4.99 Å². The molecule has 1 unspecified atom stereocenters. The summed E-state index contributed by atoms with van der Waals surface area (Å²) in [6.07, 6.45) is 6.24. The van der Waals surface area contributed by atoms with Gasteiger partial charge in [0.25, 0.3) is 0 Å². The highest BCUT2D eigenvalue weighted by Crippen LogP contribution is 2.15. The zero-order valence-electron chi connectivity index (χ0n) is 27.2. The first kappa shape index (κ1) is 36.1. The van der Waals surface area contributed by atoms with Gasteiger partial charge in [0.15, 0.2) is 0 Å². The molecular formula is C35H46N8O2. The van der Waals surface area contributed by atoms with Crippen molar-refractivity contribution in [1.82, 2.24) is 15.1 Å². The Morgan fingerprint density at radius 2 is 1.73 bits per heavy atom. The molecule has 0 aromatic heterocycles. The number of likely N-dealkylation sites (N-methyl/N-ethyl adjacent to an activating group) is 2. The van der Waals surface area contributed by atoms with E-state index in [-0.39, 0.29) is 18.0 Å². The molecule has 10 nitrogen and oxygen atoms in total. The molecule has 0 aliphatic carbocycles. The van der Waals surface area contributed by atoms with Crippen molar-refractivity contribution in [1.29, 1.82) is 5.26 Å². The molecule has 2 aromatic rings. The predicted octanol–water partition coefficient (Wildman–Crippen LogP) is 4.23. The summed E-state index contributed by atoms with van der Waals surface area (Å²) < 4.78 is 0. The van der Waals surface area contributed by atoms with Gasteiger partial charge in [-0.05, 0) is 77.2 Å². The number of rotatable bonds is 14. The summed E-state index contributed by atoms with van der Waals surface area (Å²) in [7, 11) is 5.45. The highest BCUT2D eigenvalue weighted by Gasteiger charge is 2.20. The minimum absolute atomic E-state index is 0.222. The molecular weight excluding hydrogens is 564 g/mol. The average Bonchev–Trinajstić information content (AvgIpc) is 3.04. The summed E-state index contributed by atoms with van der Waals surface area (Å²) >= 11 is 0. The van der Waals surface area contributed by atoms with Crippen molar-refractivity contribution in [2.75, 3.05) is 44.9 Å². The Balaban J connectivity index is 2.05. The molecule has 238 valence electrons. The molecule has 0 aliphatic heterocycles. The predicted molar refractivity (Wildman–Crippen MR) is 183 cm³/mol. The number of hydrogen-bond donors (Lipinski definition) is 4. The summed E-state index contributed by atoms with van der Waals surface area (Å²) in [5, 5.41) is 18.7. The van der Waals surface area contributed by atoms with Crippen LogP contribution < -0.4 is 21.7 Å². The van der Waals surface area contributed by atoms with Crippen molar-refractivity contribution < 1.29 is 9.59 Å². The van der Waals surface area contributed by atoms with Gasteiger partial charge >= 0.3 is 0 Å². The SMILES string of the molecule is CCC(N=C(Nc1ccc(C)cc1)/C(C#CCCCNC(=O)[C@H](C)N(C)C(=O)/C=C/CN(C)C)=C\N)Nc1ccc(C#N)cc1. The Morgan fingerprint density at radius 3 is 2.33 bits per heavy atom. The first-order chi connectivity index (χ1) is 21.6. The Bertz CT molecular complexity index is 1440. The number of carbonyl (C=O) groups excluding carboxylic acids is 2. The fourth-order valence-corrected chi connectivity index (χ4v) is 3.88. The fraction of sp³-hybridized carbons (Fsp3) is 0.371. The van der Waals surface area contributed by atoms with Crippen LogP contribution in [-0.2, 0) is 9.59 Å². The van der Waals surface area contributed by atoms with Crippen LogP contribution in [0.1, 0.15) is 44.2 Å². The van der Waals surface area contributed by atoms with Crippen LogP contribution in [0.4, 0.5) is 11.4 Å². The van der Waals surface area contributed by atoms with Crippen molar-refractivity contribution in [2.45, 2.75) is 52.2 Å². The van der Waals surface area contributed by atoms with Crippen LogP contribution in [0, 0.1) is 30.1 Å². The smallest absolute Gasteiger partial charge is 0.246 e. The zero-order chi connectivity index (χ0) is 33.2. The highest BCUT2D eigenvalue weighted by atomic mass is 16.2. The van der Waals surface area contributed by atoms with E-state index in [0.29, 0.717) is 49.3 Å². The number of nitrogens with zero attached hydrogens (tertiary/aromatic N) is 4. The van der Waals surface area contributed by atoms with E-state index in [0.717, 1.165) is 16.9 Å². The van der Waals surface area contributed by atoms with E-state index in [9.17, 15) is 9.59 Å². The fourth-order valence-electron chi connectivity index (χ4n) is 3.88. The van der Waals surface area contributed by atoms with Crippen molar-refractivity contribution in [3.8, 4) is 17.9 Å². The van der Waals surface area contributed by atoms with Crippen LogP contribution in [0.2, 0.25) is 0 Å². The van der Waals surface area contributed by atoms with Crippen LogP contribution in [0.5, 0.6) is 0 Å². The molecule has 0 aliphatic rings. The van der Waals surface area contributed by atoms with Gasteiger partial charge < -0.3 is 31.5 Å². The molecule has 0 bridgehead atoms. The largest absolute Gasteiger partial charge is 0.403 e. The van der Waals surface area contributed by atoms with Crippen LogP contribution in [0.15, 0.2) is 77.4 Å². The van der Waals surface area contributed by atoms with Crippen molar-refractivity contribution >= 4 is 29.0 Å². The number of hydrogen-bond acceptors (Lipinski definition) is 7. The normalized spacial score (nSPS) is 12.9. The number of nitrogens with one attached hydrogen (secondary N) is 3. The van der Waals surface area contributed by atoms with Gasteiger partial charge in [-0.2, -0.15) is 5.26 Å². The number of nitrogens with two attached hydrogens (primary N) is 1. The van der Waals surface area contributed by atoms with E-state index < -0.39 is 6.04 Å². The van der Waals surface area contributed by atoms with E-state index in [1.165, 1.54) is 17.2 Å². The van der Waals surface area contributed by atoms with Crippen LogP contribution in [0.3, 0.4) is 0 Å². The first-order valence-corrected chi connectivity index (χ1v) is 15.0. The van der Waals surface area contributed by atoms with Crippen molar-refractivity contribution in [2.24, 2.45) is 10.7 Å². The number of amides is 2. The van der Waals surface area contributed by atoms with Gasteiger partial charge in [-0.3, -0.25) is 9.59 Å². The molecule has 0 saturated heterocycles. The Labute approximate surface area is 268 Å². The lowest BCUT2D eigenvalue weighted by Gasteiger charge is -2.23. The van der Waals surface area contributed by atoms with Gasteiger partial charge in [-0.1, -0.05) is 42.5 Å². The van der Waals surface area contributed by atoms with Gasteiger partial charge in [-0.15, -0.1) is 0 Å². The second kappa shape index (κ2) is 19.3. The third-order valence-electron chi connectivity index (χ3n) is 6.79. The van der Waals surface area contributed by atoms with Crippen LogP contribution in [0.25, 0.3) is 0 Å². The van der Waals surface area contributed by atoms with Gasteiger partial charge in [0.2, 0.25) is 11.8 Å². The van der Waals surface area contributed by atoms with E-state index >= 15 is 0 Å². The zero-order valence-corrected chi connectivity index (χ0v) is 27.2. The van der Waals surface area contributed by atoms with Gasteiger partial charge in [0, 0.05) is 50.2 Å². The van der Waals surface area contributed by atoms with E-state index in [4.69, 9.17) is 16.0 Å². The molecule has 2 amide bonds. The first-order valence-electron chi connectivity index (χ1n) is 15.0. The van der Waals surface area contributed by atoms with Crippen LogP contribution in [-0.4, -0.2) is 73.9 Å². The van der Waals surface area contributed by atoms with E-state index in [2.05, 4.69) is 33.9 Å². The highest BCUT2D eigenvalue weighted by molar-refractivity contribution is 6.11. The Hall–Kier alpha value is -5.06. The second-order valence-corrected chi connectivity index (χ2v) is 10.8. The molecule has 2 rings (SSSR count). The molecule has 2 atom stereocenters. The number of carbonyl (C=O) groups is 2. The lowest BCUT2D eigenvalue weighted by atomic mass is 10.2. The molecule has 0 fully saturated rings. The average molecular weight is 611 g/mol. The monoisotopic (exact) mass is 610 g/mol. The van der Waals surface area contributed by atoms with Gasteiger partial charge in [0.1, 0.15) is 18.0 Å². The quantitative estimate of drug-likeness (QED) is 0.0826. The summed E-state index contributed by atoms with van der Waals surface area (Å²) in [4.78, 5) is 33.2. The number of aryl methyl sites for hydroxylation is 1. The lowest BCUT2D eigenvalue weighted by molar-refractivity contribution is -0.135. The molecule has 2 aromatic carbocycles. The maximum Gasteiger partial charge on any atom is 0.246 e. The molecule has 5 N–H and O–H groups in total. The molecule has 0 heterocycles. The van der Waals surface area contributed by atoms with Crippen molar-refractivity contribution in [3.63, 3.8) is 0 Å². The molecule has 0 spiro atoms. The standard InChI is InChI=1S/C35H46N8O2/c1-7-32(39-30-20-16-28(24-36)17-21-30)41-34(40-31-18-14-26(2)15-19-31)29(25-37)12-9-8-10-22-38-35(45)27(3)43(6)33(44)13-11-23-42(4)5/h11,13-21,25,27,32,39H,7-8,10,22-23,37H2,1-6H3,(H,38,45)(H,40,41)/b13-11+,29-25-/t27-,32?/m0/s1. The van der Waals surface area contributed by atoms with E-state index in [1.807, 2.05) is 69.2 Å². The molecule has 0 radical (unpaired) electrons. The summed E-state index contributed by atoms with van der Waals surface area (Å²) in [6.45, 7) is 6.82. The second-order valence-electron chi connectivity index (χ2n) is 10.8. The number of nitriles is 1. The third-order valence-corrected chi connectivity index (χ3v) is 6.79. The Morgan fingerprint density at radius 1 is 1.07 bits per heavy atom. The van der Waals surface area contributed by atoms with Crippen molar-refractivity contribution in [3.05, 3.63) is 83.6 Å². The van der Waals surface area contributed by atoms with Crippen LogP contribution >= 0.6 is 0 Å². The maximum atomic E-state index is 12.6. The molecule has 0 saturated carbocycles. The topological polar surface area (TPSA) is 139 Å². The number of benzene rings is 2. The number of amidine groups is 1. The number of anilines is 2. The maximum absolute atomic E-state index is 12.6. The minimum Gasteiger partial charge on any atom is -0.403 e. The Kier molecular flexibility index (Phi) is 15.5.